The number of rotatable bonds is 4. The molecule has 168 valence electrons. The standard InChI is InChI=1S/C17H19ClN4O2.C2HF3O2/c1-11-2-3-14(6-19-11)23-9-12-10-24-16-8-22(7-15(12)16)17-20-4-13(18)5-21-17;3-2(4,5)1(6)7/h2-6,12,15-16H,7-10H2,1H3;(H,6,7)/t12-,15-,16-;/m1./s1. The van der Waals surface area contributed by atoms with E-state index in [-0.39, 0.29) is 6.10 Å². The number of carboxylic acid groups (broad SMARTS) is 1. The van der Waals surface area contributed by atoms with Gasteiger partial charge in [-0.25, -0.2) is 14.8 Å². The fourth-order valence-corrected chi connectivity index (χ4v) is 3.44. The second-order valence-electron chi connectivity index (χ2n) is 7.15. The number of halogens is 4. The molecule has 4 rings (SSSR count). The van der Waals surface area contributed by atoms with Crippen LogP contribution in [-0.2, 0) is 9.53 Å². The van der Waals surface area contributed by atoms with Crippen molar-refractivity contribution in [2.45, 2.75) is 19.2 Å². The monoisotopic (exact) mass is 460 g/mol. The number of aromatic nitrogens is 3. The molecule has 0 bridgehead atoms. The first kappa shape index (κ1) is 23.0. The summed E-state index contributed by atoms with van der Waals surface area (Å²) in [4.78, 5) is 23.9. The Balaban J connectivity index is 0.000000339. The highest BCUT2D eigenvalue weighted by atomic mass is 35.5. The summed E-state index contributed by atoms with van der Waals surface area (Å²) in [6.07, 6.45) is 0.160. The van der Waals surface area contributed by atoms with Gasteiger partial charge in [-0.1, -0.05) is 11.6 Å². The van der Waals surface area contributed by atoms with Gasteiger partial charge in [0.25, 0.3) is 0 Å². The molecule has 0 aliphatic carbocycles. The van der Waals surface area contributed by atoms with Crippen LogP contribution in [-0.4, -0.2) is 64.6 Å². The zero-order valence-electron chi connectivity index (χ0n) is 16.4. The van der Waals surface area contributed by atoms with Gasteiger partial charge in [-0.2, -0.15) is 13.2 Å². The molecular formula is C19H20ClF3N4O4. The molecule has 0 radical (unpaired) electrons. The maximum atomic E-state index is 10.6. The molecule has 12 heteroatoms. The van der Waals surface area contributed by atoms with Crippen LogP contribution in [0.1, 0.15) is 5.69 Å². The van der Waals surface area contributed by atoms with Gasteiger partial charge in [-0.3, -0.25) is 4.98 Å². The van der Waals surface area contributed by atoms with Gasteiger partial charge in [-0.05, 0) is 19.1 Å². The summed E-state index contributed by atoms with van der Waals surface area (Å²) >= 11 is 5.86. The van der Waals surface area contributed by atoms with Crippen LogP contribution in [0.25, 0.3) is 0 Å². The van der Waals surface area contributed by atoms with Crippen LogP contribution in [0.4, 0.5) is 19.1 Å². The molecule has 2 fully saturated rings. The van der Waals surface area contributed by atoms with Crippen molar-refractivity contribution in [2.75, 3.05) is 31.2 Å². The van der Waals surface area contributed by atoms with Crippen molar-refractivity contribution >= 4 is 23.5 Å². The van der Waals surface area contributed by atoms with Crippen molar-refractivity contribution in [3.05, 3.63) is 41.4 Å². The Morgan fingerprint density at radius 1 is 1.26 bits per heavy atom. The molecule has 0 spiro atoms. The van der Waals surface area contributed by atoms with E-state index in [1.165, 1.54) is 0 Å². The van der Waals surface area contributed by atoms with Gasteiger partial charge in [0.1, 0.15) is 5.75 Å². The van der Waals surface area contributed by atoms with Crippen LogP contribution in [0, 0.1) is 18.8 Å². The topological polar surface area (TPSA) is 97.7 Å². The minimum Gasteiger partial charge on any atom is -0.492 e. The lowest BCUT2D eigenvalue weighted by Crippen LogP contribution is -2.27. The average Bonchev–Trinajstić information content (AvgIpc) is 3.29. The average molecular weight is 461 g/mol. The number of fused-ring (bicyclic) bond motifs is 1. The third-order valence-electron chi connectivity index (χ3n) is 4.92. The van der Waals surface area contributed by atoms with E-state index in [2.05, 4.69) is 19.9 Å². The van der Waals surface area contributed by atoms with Gasteiger partial charge in [-0.15, -0.1) is 0 Å². The number of hydrogen-bond donors (Lipinski definition) is 1. The highest BCUT2D eigenvalue weighted by Crippen LogP contribution is 2.35. The van der Waals surface area contributed by atoms with Crippen molar-refractivity contribution < 1.29 is 32.5 Å². The minimum absolute atomic E-state index is 0.217. The molecule has 2 aromatic rings. The normalized spacial score (nSPS) is 22.5. The highest BCUT2D eigenvalue weighted by Gasteiger charge is 2.44. The van der Waals surface area contributed by atoms with Gasteiger partial charge in [0, 0.05) is 30.6 Å². The van der Waals surface area contributed by atoms with Crippen LogP contribution in [0.3, 0.4) is 0 Å². The summed E-state index contributed by atoms with van der Waals surface area (Å²) in [5, 5.41) is 7.67. The third kappa shape index (κ3) is 6.17. The predicted octanol–water partition coefficient (Wildman–Crippen LogP) is 3.00. The van der Waals surface area contributed by atoms with Crippen LogP contribution in [0.15, 0.2) is 30.7 Å². The Labute approximate surface area is 181 Å². The Kier molecular flexibility index (Phi) is 7.16. The van der Waals surface area contributed by atoms with Gasteiger partial charge in [0.15, 0.2) is 0 Å². The van der Waals surface area contributed by atoms with Crippen molar-refractivity contribution in [2.24, 2.45) is 11.8 Å². The molecule has 8 nitrogen and oxygen atoms in total. The number of pyridine rings is 1. The number of hydrogen-bond acceptors (Lipinski definition) is 7. The number of anilines is 1. The van der Waals surface area contributed by atoms with E-state index >= 15 is 0 Å². The smallest absolute Gasteiger partial charge is 0.490 e. The zero-order valence-corrected chi connectivity index (χ0v) is 17.2. The van der Waals surface area contributed by atoms with Crippen molar-refractivity contribution in [3.8, 4) is 5.75 Å². The van der Waals surface area contributed by atoms with Gasteiger partial charge in [0.2, 0.25) is 5.95 Å². The molecule has 31 heavy (non-hydrogen) atoms. The van der Waals surface area contributed by atoms with E-state index in [0.29, 0.717) is 29.4 Å². The fraction of sp³-hybridized carbons (Fsp3) is 0.474. The van der Waals surface area contributed by atoms with E-state index in [9.17, 15) is 13.2 Å². The summed E-state index contributed by atoms with van der Waals surface area (Å²) in [5.74, 6) is -0.441. The number of carbonyl (C=O) groups is 1. The largest absolute Gasteiger partial charge is 0.492 e. The highest BCUT2D eigenvalue weighted by molar-refractivity contribution is 6.30. The number of nitrogens with zero attached hydrogens (tertiary/aromatic N) is 4. The Morgan fingerprint density at radius 3 is 2.52 bits per heavy atom. The zero-order chi connectivity index (χ0) is 22.6. The van der Waals surface area contributed by atoms with E-state index in [1.54, 1.807) is 18.6 Å². The molecule has 2 aliphatic rings. The van der Waals surface area contributed by atoms with Crippen molar-refractivity contribution in [1.82, 2.24) is 15.0 Å². The first-order chi connectivity index (χ1) is 14.6. The molecule has 2 aromatic heterocycles. The lowest BCUT2D eigenvalue weighted by atomic mass is 9.94. The summed E-state index contributed by atoms with van der Waals surface area (Å²) in [5.41, 5.74) is 0.987. The second-order valence-corrected chi connectivity index (χ2v) is 7.59. The fourth-order valence-electron chi connectivity index (χ4n) is 3.35. The summed E-state index contributed by atoms with van der Waals surface area (Å²) in [7, 11) is 0. The van der Waals surface area contributed by atoms with E-state index in [0.717, 1.165) is 31.1 Å². The Morgan fingerprint density at radius 2 is 1.94 bits per heavy atom. The number of aliphatic carboxylic acids is 1. The van der Waals surface area contributed by atoms with Crippen LogP contribution >= 0.6 is 11.6 Å². The molecule has 1 N–H and O–H groups in total. The summed E-state index contributed by atoms with van der Waals surface area (Å²) < 4.78 is 43.6. The maximum absolute atomic E-state index is 10.6. The molecular weight excluding hydrogens is 441 g/mol. The van der Waals surface area contributed by atoms with E-state index in [4.69, 9.17) is 31.0 Å². The Bertz CT molecular complexity index is 883. The lowest BCUT2D eigenvalue weighted by molar-refractivity contribution is -0.192. The minimum atomic E-state index is -5.08. The molecule has 0 amide bonds. The molecule has 2 aliphatic heterocycles. The summed E-state index contributed by atoms with van der Waals surface area (Å²) in [6, 6.07) is 3.91. The third-order valence-corrected chi connectivity index (χ3v) is 5.11. The number of ether oxygens (including phenoxy) is 2. The molecule has 3 atom stereocenters. The first-order valence-electron chi connectivity index (χ1n) is 9.33. The quantitative estimate of drug-likeness (QED) is 0.743. The van der Waals surface area contributed by atoms with Crippen molar-refractivity contribution in [3.63, 3.8) is 0 Å². The molecule has 4 heterocycles. The molecule has 0 unspecified atom stereocenters. The Hall–Kier alpha value is -2.66. The molecule has 0 saturated carbocycles. The maximum Gasteiger partial charge on any atom is 0.490 e. The van der Waals surface area contributed by atoms with Crippen molar-refractivity contribution in [1.29, 1.82) is 0 Å². The van der Waals surface area contributed by atoms with Crippen LogP contribution in [0.5, 0.6) is 5.75 Å². The van der Waals surface area contributed by atoms with E-state index in [1.807, 2.05) is 19.1 Å². The lowest BCUT2D eigenvalue weighted by Gasteiger charge is -2.20. The molecule has 2 saturated heterocycles. The van der Waals surface area contributed by atoms with Gasteiger partial charge < -0.3 is 19.5 Å². The first-order valence-corrected chi connectivity index (χ1v) is 9.71. The summed E-state index contributed by atoms with van der Waals surface area (Å²) in [6.45, 7) is 5.04. The number of carboxylic acids is 1. The SMILES string of the molecule is Cc1ccc(OC[C@@H]2CO[C@@H]3CN(c4ncc(Cl)cn4)C[C@H]23)cn1.O=C(O)C(F)(F)F. The predicted molar refractivity (Wildman–Crippen MR) is 104 cm³/mol. The number of aryl methyl sites for hydroxylation is 1. The second kappa shape index (κ2) is 9.65. The molecule has 0 aromatic carbocycles. The van der Waals surface area contributed by atoms with Crippen LogP contribution in [0.2, 0.25) is 5.02 Å². The van der Waals surface area contributed by atoms with Crippen LogP contribution < -0.4 is 9.64 Å². The number of alkyl halides is 3. The van der Waals surface area contributed by atoms with Gasteiger partial charge >= 0.3 is 12.1 Å². The van der Waals surface area contributed by atoms with E-state index < -0.39 is 12.1 Å². The van der Waals surface area contributed by atoms with Gasteiger partial charge in [0.05, 0.1) is 42.9 Å².